The molecule has 0 fully saturated rings. The molecule has 0 saturated heterocycles. The third-order valence-electron chi connectivity index (χ3n) is 4.24. The molecule has 0 radical (unpaired) electrons. The second-order valence-electron chi connectivity index (χ2n) is 6.35. The van der Waals surface area contributed by atoms with E-state index < -0.39 is 24.2 Å². The molecule has 3 heterocycles. The van der Waals surface area contributed by atoms with Gasteiger partial charge in [-0.3, -0.25) is 9.48 Å². The molecule has 0 spiro atoms. The molecule has 0 aliphatic carbocycles. The maximum absolute atomic E-state index is 13.2. The number of nitrogens with zero attached hydrogens (tertiary/aromatic N) is 4. The summed E-state index contributed by atoms with van der Waals surface area (Å²) in [6.45, 7) is 4.92. The van der Waals surface area contributed by atoms with Gasteiger partial charge in [0, 0.05) is 12.1 Å². The van der Waals surface area contributed by atoms with Gasteiger partial charge in [0.25, 0.3) is 5.72 Å². The first-order valence-electron chi connectivity index (χ1n) is 7.90. The average molecular weight is 405 g/mol. The number of amides is 1. The molecule has 7 nitrogen and oxygen atoms in total. The van der Waals surface area contributed by atoms with Crippen molar-refractivity contribution in [2.45, 2.75) is 45.6 Å². The molecule has 0 saturated carbocycles. The van der Waals surface area contributed by atoms with E-state index in [0.29, 0.717) is 16.4 Å². The second-order valence-corrected chi connectivity index (χ2v) is 6.73. The SMILES string of the molecule is CC1=NN(C(=O)c2ccc(Cn3nc(C)c(Cl)c3C)o2)C(O)(C(F)(F)F)C1. The summed E-state index contributed by atoms with van der Waals surface area (Å²) in [6, 6.07) is 2.67. The van der Waals surface area contributed by atoms with Crippen LogP contribution in [0.25, 0.3) is 0 Å². The fraction of sp³-hybridized carbons (Fsp3) is 0.438. The zero-order chi connectivity index (χ0) is 20.1. The zero-order valence-corrected chi connectivity index (χ0v) is 15.4. The molecule has 0 aromatic carbocycles. The molecule has 1 amide bonds. The fourth-order valence-electron chi connectivity index (χ4n) is 2.81. The lowest BCUT2D eigenvalue weighted by Crippen LogP contribution is -2.56. The number of rotatable bonds is 3. The van der Waals surface area contributed by atoms with Crippen LogP contribution in [-0.4, -0.2) is 43.4 Å². The first kappa shape index (κ1) is 19.4. The minimum atomic E-state index is -5.07. The van der Waals surface area contributed by atoms with Crippen LogP contribution in [0.15, 0.2) is 21.7 Å². The van der Waals surface area contributed by atoms with Crippen LogP contribution in [0, 0.1) is 13.8 Å². The number of carbonyl (C=O) groups excluding carboxylic acids is 1. The van der Waals surface area contributed by atoms with Gasteiger partial charge in [-0.15, -0.1) is 0 Å². The first-order valence-corrected chi connectivity index (χ1v) is 8.28. The minimum Gasteiger partial charge on any atom is -0.454 e. The Morgan fingerprint density at radius 2 is 2.04 bits per heavy atom. The van der Waals surface area contributed by atoms with Crippen molar-refractivity contribution < 1.29 is 27.5 Å². The smallest absolute Gasteiger partial charge is 0.438 e. The molecule has 1 aliphatic rings. The lowest BCUT2D eigenvalue weighted by Gasteiger charge is -2.32. The average Bonchev–Trinajstić information content (AvgIpc) is 3.21. The van der Waals surface area contributed by atoms with Crippen LogP contribution in [0.2, 0.25) is 5.02 Å². The molecule has 2 aromatic heterocycles. The largest absolute Gasteiger partial charge is 0.454 e. The molecular weight excluding hydrogens is 389 g/mol. The van der Waals surface area contributed by atoms with E-state index >= 15 is 0 Å². The number of carbonyl (C=O) groups is 1. The number of halogens is 4. The van der Waals surface area contributed by atoms with Gasteiger partial charge in [-0.2, -0.15) is 28.4 Å². The molecule has 0 bridgehead atoms. The summed E-state index contributed by atoms with van der Waals surface area (Å²) in [5.74, 6) is -1.28. The van der Waals surface area contributed by atoms with Gasteiger partial charge in [0.05, 0.1) is 23.0 Å². The minimum absolute atomic E-state index is 0.0190. The number of furan rings is 1. The Hall–Kier alpha value is -2.33. The van der Waals surface area contributed by atoms with E-state index in [0.717, 1.165) is 0 Å². The van der Waals surface area contributed by atoms with E-state index in [4.69, 9.17) is 16.0 Å². The standard InChI is InChI=1S/C16H16ClF3N4O3/c1-8-6-15(26,16(18,19)20)24(21-8)14(25)12-5-4-11(27-12)7-23-10(3)13(17)9(2)22-23/h4-5,26H,6-7H2,1-3H3. The van der Waals surface area contributed by atoms with Gasteiger partial charge in [-0.05, 0) is 32.9 Å². The van der Waals surface area contributed by atoms with Crippen molar-refractivity contribution in [3.05, 3.63) is 40.1 Å². The van der Waals surface area contributed by atoms with Crippen LogP contribution in [0.1, 0.15) is 41.0 Å². The van der Waals surface area contributed by atoms with Crippen molar-refractivity contribution in [2.24, 2.45) is 5.10 Å². The highest BCUT2D eigenvalue weighted by Gasteiger charge is 2.63. The number of aromatic nitrogens is 2. The highest BCUT2D eigenvalue weighted by molar-refractivity contribution is 6.31. The molecule has 146 valence electrons. The van der Waals surface area contributed by atoms with Gasteiger partial charge in [0.1, 0.15) is 5.76 Å². The Bertz CT molecular complexity index is 934. The van der Waals surface area contributed by atoms with E-state index in [1.165, 1.54) is 19.1 Å². The molecule has 1 aliphatic heterocycles. The van der Waals surface area contributed by atoms with Gasteiger partial charge in [-0.25, -0.2) is 0 Å². The summed E-state index contributed by atoms with van der Waals surface area (Å²) < 4.78 is 46.7. The van der Waals surface area contributed by atoms with Gasteiger partial charge >= 0.3 is 12.1 Å². The molecule has 3 rings (SSSR count). The molecule has 27 heavy (non-hydrogen) atoms. The molecule has 2 aromatic rings. The lowest BCUT2D eigenvalue weighted by molar-refractivity contribution is -0.297. The number of hydrazone groups is 1. The second kappa shape index (κ2) is 6.38. The van der Waals surface area contributed by atoms with Gasteiger partial charge in [-0.1, -0.05) is 11.6 Å². The van der Waals surface area contributed by atoms with Gasteiger partial charge in [0.2, 0.25) is 0 Å². The quantitative estimate of drug-likeness (QED) is 0.851. The van der Waals surface area contributed by atoms with Crippen LogP contribution in [0.3, 0.4) is 0 Å². The van der Waals surface area contributed by atoms with Crippen LogP contribution < -0.4 is 0 Å². The van der Waals surface area contributed by atoms with Crippen molar-refractivity contribution in [3.8, 4) is 0 Å². The van der Waals surface area contributed by atoms with Gasteiger partial charge in [0.15, 0.2) is 5.76 Å². The number of hydrogen-bond acceptors (Lipinski definition) is 5. The van der Waals surface area contributed by atoms with Crippen molar-refractivity contribution in [1.29, 1.82) is 0 Å². The molecule has 1 N–H and O–H groups in total. The number of aliphatic hydroxyl groups is 1. The van der Waals surface area contributed by atoms with Crippen LogP contribution in [0.5, 0.6) is 0 Å². The molecule has 11 heteroatoms. The molecule has 1 unspecified atom stereocenters. The Morgan fingerprint density at radius 3 is 2.59 bits per heavy atom. The Morgan fingerprint density at radius 1 is 1.37 bits per heavy atom. The maximum atomic E-state index is 13.2. The summed E-state index contributed by atoms with van der Waals surface area (Å²) in [6.07, 6.45) is -5.89. The first-order chi connectivity index (χ1) is 12.4. The zero-order valence-electron chi connectivity index (χ0n) is 14.6. The van der Waals surface area contributed by atoms with Crippen molar-refractivity contribution >= 4 is 23.2 Å². The molecule has 1 atom stereocenters. The summed E-state index contributed by atoms with van der Waals surface area (Å²) in [4.78, 5) is 12.5. The van der Waals surface area contributed by atoms with E-state index in [1.807, 2.05) is 0 Å². The Kier molecular flexibility index (Phi) is 4.59. The van der Waals surface area contributed by atoms with Crippen LogP contribution >= 0.6 is 11.6 Å². The highest BCUT2D eigenvalue weighted by atomic mass is 35.5. The fourth-order valence-corrected chi connectivity index (χ4v) is 2.95. The summed E-state index contributed by atoms with van der Waals surface area (Å²) in [5, 5.41) is 18.3. The third kappa shape index (κ3) is 3.23. The van der Waals surface area contributed by atoms with Crippen LogP contribution in [0.4, 0.5) is 13.2 Å². The third-order valence-corrected chi connectivity index (χ3v) is 4.79. The number of alkyl halides is 3. The predicted molar refractivity (Wildman–Crippen MR) is 89.4 cm³/mol. The van der Waals surface area contributed by atoms with Crippen molar-refractivity contribution in [3.63, 3.8) is 0 Å². The van der Waals surface area contributed by atoms with Crippen molar-refractivity contribution in [2.75, 3.05) is 0 Å². The van der Waals surface area contributed by atoms with E-state index in [9.17, 15) is 23.1 Å². The van der Waals surface area contributed by atoms with Crippen LogP contribution in [-0.2, 0) is 6.54 Å². The van der Waals surface area contributed by atoms with E-state index in [-0.39, 0.29) is 28.8 Å². The monoisotopic (exact) mass is 404 g/mol. The Balaban J connectivity index is 1.85. The number of aryl methyl sites for hydroxylation is 1. The summed E-state index contributed by atoms with van der Waals surface area (Å²) in [7, 11) is 0. The summed E-state index contributed by atoms with van der Waals surface area (Å²) in [5.41, 5.74) is -2.12. The van der Waals surface area contributed by atoms with E-state index in [1.54, 1.807) is 18.5 Å². The van der Waals surface area contributed by atoms with E-state index in [2.05, 4.69) is 10.2 Å². The molecular formula is C16H16ClF3N4O3. The topological polar surface area (TPSA) is 83.9 Å². The Labute approximate surface area is 157 Å². The van der Waals surface area contributed by atoms with Crippen molar-refractivity contribution in [1.82, 2.24) is 14.8 Å². The maximum Gasteiger partial charge on any atom is 0.438 e. The predicted octanol–water partition coefficient (Wildman–Crippen LogP) is 3.27. The van der Waals surface area contributed by atoms with Gasteiger partial charge < -0.3 is 9.52 Å². The lowest BCUT2D eigenvalue weighted by atomic mass is 10.1. The highest BCUT2D eigenvalue weighted by Crippen LogP contribution is 2.41. The summed E-state index contributed by atoms with van der Waals surface area (Å²) >= 11 is 6.07. The number of hydrogen-bond donors (Lipinski definition) is 1. The normalized spacial score (nSPS) is 20.3.